The summed E-state index contributed by atoms with van der Waals surface area (Å²) in [5.41, 5.74) is 7.76. The molecule has 37 heavy (non-hydrogen) atoms. The molecule has 0 aliphatic heterocycles. The van der Waals surface area contributed by atoms with Gasteiger partial charge in [-0.1, -0.05) is 97.1 Å². The number of hydrogen-bond acceptors (Lipinski definition) is 2. The number of aromatic nitrogens is 2. The minimum Gasteiger partial charge on any atom is -0.292 e. The molecule has 2 heterocycles. The lowest BCUT2D eigenvalue weighted by Crippen LogP contribution is -1.97. The predicted octanol–water partition coefficient (Wildman–Crippen LogP) is 9.16. The molecule has 0 unspecified atom stereocenters. The van der Waals surface area contributed by atoms with Crippen molar-refractivity contribution in [3.05, 3.63) is 144 Å². The Kier molecular flexibility index (Phi) is 4.89. The minimum absolute atomic E-state index is 0.652. The monoisotopic (exact) mass is 494 g/mol. The zero-order valence-corrected chi connectivity index (χ0v) is 20.8. The minimum atomic E-state index is -1.58. The Labute approximate surface area is 222 Å². The third-order valence-corrected chi connectivity index (χ3v) is 7.62. The van der Waals surface area contributed by atoms with Crippen molar-refractivity contribution < 1.29 is 2.74 Å². The maximum Gasteiger partial charge on any atom is 0.147 e. The molecule has 0 spiro atoms. The second-order valence-corrected chi connectivity index (χ2v) is 9.94. The van der Waals surface area contributed by atoms with Gasteiger partial charge in [-0.2, -0.15) is 0 Å². The predicted molar refractivity (Wildman–Crippen MR) is 157 cm³/mol. The highest BCUT2D eigenvalue weighted by Crippen LogP contribution is 2.37. The van der Waals surface area contributed by atoms with Crippen LogP contribution in [0.25, 0.3) is 49.3 Å². The van der Waals surface area contributed by atoms with Crippen molar-refractivity contribution >= 4 is 32.5 Å². The first-order valence-corrected chi connectivity index (χ1v) is 13.2. The van der Waals surface area contributed by atoms with Gasteiger partial charge in [-0.25, -0.2) is 4.98 Å². The van der Waals surface area contributed by atoms with E-state index >= 15 is 0 Å². The van der Waals surface area contributed by atoms with Crippen LogP contribution in [0, 0.1) is 0 Å². The van der Waals surface area contributed by atoms with Crippen LogP contribution in [0.5, 0.6) is 0 Å². The summed E-state index contributed by atoms with van der Waals surface area (Å²) in [6.07, 6.45) is -1.58. The number of imidazole rings is 1. The van der Waals surface area contributed by atoms with E-state index in [1.807, 2.05) is 66.7 Å². The Balaban J connectivity index is 1.35. The highest BCUT2D eigenvalue weighted by Gasteiger charge is 2.18. The molecular formula is C34H24N2S. The van der Waals surface area contributed by atoms with Crippen LogP contribution >= 0.6 is 11.3 Å². The van der Waals surface area contributed by atoms with Gasteiger partial charge in [-0.05, 0) is 59.0 Å². The highest BCUT2D eigenvalue weighted by molar-refractivity contribution is 7.17. The first-order valence-electron chi connectivity index (χ1n) is 13.3. The van der Waals surface area contributed by atoms with Gasteiger partial charge < -0.3 is 0 Å². The van der Waals surface area contributed by atoms with Crippen molar-refractivity contribution in [1.82, 2.24) is 9.55 Å². The molecule has 176 valence electrons. The summed E-state index contributed by atoms with van der Waals surface area (Å²) < 4.78 is 20.9. The Hall–Kier alpha value is -4.47. The molecule has 5 aromatic carbocycles. The standard InChI is InChI=1S/C34H24N2S/c1-3-9-24(10-4-1)21-25-15-20-29-30(23-37-33(29)22-25)34-35-31-13-7-8-14-32(31)36(34)28-18-16-27(17-19-28)26-11-5-2-6-12-26/h1-20,22-23H,21H2/i21D2. The van der Waals surface area contributed by atoms with Crippen LogP contribution in [-0.2, 0) is 6.37 Å². The Morgan fingerprint density at radius 2 is 1.38 bits per heavy atom. The van der Waals surface area contributed by atoms with Gasteiger partial charge in [0.1, 0.15) is 5.82 Å². The van der Waals surface area contributed by atoms with Crippen molar-refractivity contribution in [2.45, 2.75) is 6.37 Å². The number of fused-ring (bicyclic) bond motifs is 2. The summed E-state index contributed by atoms with van der Waals surface area (Å²) in [5, 5.41) is 3.22. The fraction of sp³-hybridized carbons (Fsp3) is 0.0294. The molecule has 0 aliphatic carbocycles. The van der Waals surface area contributed by atoms with Crippen LogP contribution in [-0.4, -0.2) is 9.55 Å². The Morgan fingerprint density at radius 3 is 2.19 bits per heavy atom. The van der Waals surface area contributed by atoms with Crippen molar-refractivity contribution in [2.75, 3.05) is 0 Å². The third kappa shape index (κ3) is 4.04. The van der Waals surface area contributed by atoms with Gasteiger partial charge in [0.2, 0.25) is 0 Å². The lowest BCUT2D eigenvalue weighted by atomic mass is 10.0. The Bertz CT molecular complexity index is 1920. The lowest BCUT2D eigenvalue weighted by molar-refractivity contribution is 1.11. The molecule has 7 aromatic rings. The van der Waals surface area contributed by atoms with E-state index in [9.17, 15) is 0 Å². The van der Waals surface area contributed by atoms with Gasteiger partial charge in [0.05, 0.1) is 11.0 Å². The quantitative estimate of drug-likeness (QED) is 0.233. The number of benzene rings is 5. The zero-order valence-electron chi connectivity index (χ0n) is 22.0. The molecule has 0 aliphatic rings. The molecule has 0 saturated carbocycles. The zero-order chi connectivity index (χ0) is 26.4. The van der Waals surface area contributed by atoms with Gasteiger partial charge in [0, 0.05) is 29.5 Å². The number of thiophene rings is 1. The van der Waals surface area contributed by atoms with Gasteiger partial charge in [-0.3, -0.25) is 4.57 Å². The van der Waals surface area contributed by atoms with Crippen LogP contribution < -0.4 is 0 Å². The molecule has 7 rings (SSSR count). The van der Waals surface area contributed by atoms with E-state index in [0.29, 0.717) is 11.1 Å². The maximum absolute atomic E-state index is 8.81. The highest BCUT2D eigenvalue weighted by atomic mass is 32.1. The number of para-hydroxylation sites is 2. The molecule has 2 aromatic heterocycles. The summed E-state index contributed by atoms with van der Waals surface area (Å²) in [6, 6.07) is 42.5. The lowest BCUT2D eigenvalue weighted by Gasteiger charge is -2.11. The summed E-state index contributed by atoms with van der Waals surface area (Å²) in [5.74, 6) is 0.883. The molecule has 0 saturated heterocycles. The second-order valence-electron chi connectivity index (χ2n) is 9.02. The molecule has 0 fully saturated rings. The van der Waals surface area contributed by atoms with Crippen LogP contribution in [0.4, 0.5) is 0 Å². The molecule has 0 atom stereocenters. The normalized spacial score (nSPS) is 12.5. The smallest absolute Gasteiger partial charge is 0.147 e. The van der Waals surface area contributed by atoms with E-state index in [1.54, 1.807) is 11.3 Å². The van der Waals surface area contributed by atoms with Gasteiger partial charge in [0.15, 0.2) is 0 Å². The van der Waals surface area contributed by atoms with Gasteiger partial charge in [-0.15, -0.1) is 11.3 Å². The van der Waals surface area contributed by atoms with Gasteiger partial charge in [0.25, 0.3) is 0 Å². The molecular weight excluding hydrogens is 468 g/mol. The van der Waals surface area contributed by atoms with Crippen LogP contribution in [0.3, 0.4) is 0 Å². The van der Waals surface area contributed by atoms with Crippen LogP contribution in [0.1, 0.15) is 13.9 Å². The molecule has 3 heteroatoms. The number of nitrogens with zero attached hydrogens (tertiary/aromatic N) is 2. The first-order chi connectivity index (χ1) is 19.1. The van der Waals surface area contributed by atoms with Crippen LogP contribution in [0.15, 0.2) is 133 Å². The summed E-state index contributed by atoms with van der Waals surface area (Å²) in [7, 11) is 0. The van der Waals surface area contributed by atoms with Crippen molar-refractivity contribution in [1.29, 1.82) is 0 Å². The summed E-state index contributed by atoms with van der Waals surface area (Å²) in [6.45, 7) is 0. The Morgan fingerprint density at radius 1 is 0.676 bits per heavy atom. The van der Waals surface area contributed by atoms with E-state index in [0.717, 1.165) is 38.2 Å². The SMILES string of the molecule is [2H]C([2H])(c1ccccc1)c1ccc2c(-c3nc4ccccc4n3-c3ccc(-c4ccccc4)cc3)csc2c1. The van der Waals surface area contributed by atoms with Crippen molar-refractivity contribution in [2.24, 2.45) is 0 Å². The molecule has 0 bridgehead atoms. The van der Waals surface area contributed by atoms with E-state index in [-0.39, 0.29) is 0 Å². The molecule has 0 radical (unpaired) electrons. The fourth-order valence-corrected chi connectivity index (χ4v) is 5.85. The molecule has 2 nitrogen and oxygen atoms in total. The molecule has 0 amide bonds. The average molecular weight is 495 g/mol. The second kappa shape index (κ2) is 9.20. The number of hydrogen-bond donors (Lipinski definition) is 0. The topological polar surface area (TPSA) is 17.8 Å². The first kappa shape index (κ1) is 19.7. The van der Waals surface area contributed by atoms with Crippen molar-refractivity contribution in [3.63, 3.8) is 0 Å². The molecule has 0 N–H and O–H groups in total. The van der Waals surface area contributed by atoms with Crippen LogP contribution in [0.2, 0.25) is 0 Å². The number of rotatable bonds is 5. The average Bonchev–Trinajstić information content (AvgIpc) is 3.59. The van der Waals surface area contributed by atoms with Crippen molar-refractivity contribution in [3.8, 4) is 28.2 Å². The summed E-state index contributed by atoms with van der Waals surface area (Å²) in [4.78, 5) is 5.08. The largest absolute Gasteiger partial charge is 0.292 e. The van der Waals surface area contributed by atoms with E-state index in [2.05, 4.69) is 70.6 Å². The van der Waals surface area contributed by atoms with E-state index in [1.165, 1.54) is 11.1 Å². The summed E-state index contributed by atoms with van der Waals surface area (Å²) >= 11 is 1.63. The third-order valence-electron chi connectivity index (χ3n) is 6.67. The maximum atomic E-state index is 8.81. The van der Waals surface area contributed by atoms with E-state index < -0.39 is 6.37 Å². The fourth-order valence-electron chi connectivity index (χ4n) is 4.87. The van der Waals surface area contributed by atoms with E-state index in [4.69, 9.17) is 7.73 Å². The van der Waals surface area contributed by atoms with Gasteiger partial charge >= 0.3 is 0 Å².